The lowest BCUT2D eigenvalue weighted by Gasteiger charge is -2.21. The monoisotopic (exact) mass is 296 g/mol. The minimum Gasteiger partial charge on any atom is -0.385 e. The van der Waals surface area contributed by atoms with Crippen molar-refractivity contribution in [2.24, 2.45) is 0 Å². The zero-order chi connectivity index (χ0) is 15.7. The molecule has 0 unspecified atom stereocenters. The van der Waals surface area contributed by atoms with Crippen LogP contribution in [0.15, 0.2) is 24.3 Å². The van der Waals surface area contributed by atoms with Crippen molar-refractivity contribution >= 4 is 17.5 Å². The number of halogens is 1. The Morgan fingerprint density at radius 3 is 2.76 bits per heavy atom. The van der Waals surface area contributed by atoms with E-state index in [0.717, 1.165) is 6.42 Å². The van der Waals surface area contributed by atoms with Gasteiger partial charge in [0.15, 0.2) is 0 Å². The molecule has 0 aliphatic heterocycles. The molecule has 1 rings (SSSR count). The van der Waals surface area contributed by atoms with Crippen molar-refractivity contribution in [1.82, 2.24) is 5.32 Å². The summed E-state index contributed by atoms with van der Waals surface area (Å²) < 4.78 is 18.1. The lowest BCUT2D eigenvalue weighted by molar-refractivity contribution is -0.121. The number of amides is 2. The summed E-state index contributed by atoms with van der Waals surface area (Å²) in [6, 6.07) is 5.76. The summed E-state index contributed by atoms with van der Waals surface area (Å²) in [4.78, 5) is 24.7. The molecule has 0 saturated carbocycles. The van der Waals surface area contributed by atoms with Crippen LogP contribution in [0.4, 0.5) is 10.1 Å². The molecule has 1 N–H and O–H groups in total. The number of hydrogen-bond donors (Lipinski definition) is 1. The van der Waals surface area contributed by atoms with Gasteiger partial charge in [-0.05, 0) is 24.6 Å². The van der Waals surface area contributed by atoms with Crippen molar-refractivity contribution in [2.75, 3.05) is 31.7 Å². The molecule has 0 fully saturated rings. The van der Waals surface area contributed by atoms with Gasteiger partial charge in [0.1, 0.15) is 5.82 Å². The number of carbonyl (C=O) groups excluding carboxylic acids is 2. The summed E-state index contributed by atoms with van der Waals surface area (Å²) >= 11 is 0. The van der Waals surface area contributed by atoms with Gasteiger partial charge in [-0.1, -0.05) is 6.07 Å². The fourth-order valence-electron chi connectivity index (χ4n) is 1.86. The molecular weight excluding hydrogens is 275 g/mol. The van der Waals surface area contributed by atoms with Gasteiger partial charge in [0, 0.05) is 45.8 Å². The molecule has 0 bridgehead atoms. The molecule has 0 radical (unpaired) electrons. The van der Waals surface area contributed by atoms with Gasteiger partial charge in [-0.2, -0.15) is 0 Å². The molecule has 0 aromatic heterocycles. The molecule has 116 valence electrons. The molecule has 5 nitrogen and oxygen atoms in total. The van der Waals surface area contributed by atoms with Crippen molar-refractivity contribution in [3.05, 3.63) is 30.1 Å². The number of methoxy groups -OCH3 is 1. The van der Waals surface area contributed by atoms with Gasteiger partial charge in [-0.3, -0.25) is 9.59 Å². The van der Waals surface area contributed by atoms with Crippen LogP contribution in [0.3, 0.4) is 0 Å². The molecule has 6 heteroatoms. The number of nitrogens with one attached hydrogen (secondary N) is 1. The average Bonchev–Trinajstić information content (AvgIpc) is 2.43. The maximum absolute atomic E-state index is 13.2. The number of hydrogen-bond acceptors (Lipinski definition) is 3. The zero-order valence-electron chi connectivity index (χ0n) is 12.4. The van der Waals surface area contributed by atoms with Gasteiger partial charge in [0.25, 0.3) is 0 Å². The molecule has 0 spiro atoms. The topological polar surface area (TPSA) is 58.6 Å². The largest absolute Gasteiger partial charge is 0.385 e. The van der Waals surface area contributed by atoms with Crippen LogP contribution in [0, 0.1) is 5.82 Å². The molecule has 0 atom stereocenters. The minimum atomic E-state index is -0.414. The summed E-state index contributed by atoms with van der Waals surface area (Å²) in [5, 5.41) is 2.74. The molecule has 0 saturated heterocycles. The van der Waals surface area contributed by atoms with E-state index >= 15 is 0 Å². The highest BCUT2D eigenvalue weighted by molar-refractivity contribution is 5.92. The van der Waals surface area contributed by atoms with Gasteiger partial charge < -0.3 is 15.0 Å². The molecule has 0 aliphatic carbocycles. The number of carbonyl (C=O) groups is 2. The van der Waals surface area contributed by atoms with Gasteiger partial charge in [-0.15, -0.1) is 0 Å². The molecule has 0 heterocycles. The smallest absolute Gasteiger partial charge is 0.223 e. The molecular formula is C15H21FN2O3. The summed E-state index contributed by atoms with van der Waals surface area (Å²) in [5.41, 5.74) is 0.453. The predicted octanol–water partition coefficient (Wildman–Crippen LogP) is 1.72. The molecule has 2 amide bonds. The van der Waals surface area contributed by atoms with E-state index in [0.29, 0.717) is 18.8 Å². The van der Waals surface area contributed by atoms with E-state index in [2.05, 4.69) is 5.32 Å². The van der Waals surface area contributed by atoms with Crippen molar-refractivity contribution in [2.45, 2.75) is 19.8 Å². The Balaban J connectivity index is 2.49. The molecule has 1 aromatic rings. The number of benzene rings is 1. The quantitative estimate of drug-likeness (QED) is 0.743. The highest BCUT2D eigenvalue weighted by Crippen LogP contribution is 2.16. The van der Waals surface area contributed by atoms with Crippen LogP contribution in [0.2, 0.25) is 0 Å². The van der Waals surface area contributed by atoms with Gasteiger partial charge in [-0.25, -0.2) is 4.39 Å². The van der Waals surface area contributed by atoms with Gasteiger partial charge in [0.2, 0.25) is 11.8 Å². The minimum absolute atomic E-state index is 0.145. The number of rotatable bonds is 8. The second kappa shape index (κ2) is 9.07. The van der Waals surface area contributed by atoms with E-state index in [1.54, 1.807) is 13.2 Å². The standard InChI is InChI=1S/C15H21FN2O3/c1-12(19)18(14-6-3-5-13(16)11-14)9-7-15(20)17-8-4-10-21-2/h3,5-6,11H,4,7-10H2,1-2H3,(H,17,20). The van der Waals surface area contributed by atoms with Crippen LogP contribution < -0.4 is 10.2 Å². The van der Waals surface area contributed by atoms with Crippen molar-refractivity contribution in [3.8, 4) is 0 Å². The average molecular weight is 296 g/mol. The third-order valence-electron chi connectivity index (χ3n) is 2.91. The lowest BCUT2D eigenvalue weighted by atomic mass is 10.2. The summed E-state index contributed by atoms with van der Waals surface area (Å²) in [6.07, 6.45) is 0.908. The maximum Gasteiger partial charge on any atom is 0.223 e. The Morgan fingerprint density at radius 1 is 1.38 bits per heavy atom. The van der Waals surface area contributed by atoms with Crippen LogP contribution >= 0.6 is 0 Å². The van der Waals surface area contributed by atoms with E-state index < -0.39 is 5.82 Å². The summed E-state index contributed by atoms with van der Waals surface area (Å²) in [7, 11) is 1.60. The first kappa shape index (κ1) is 17.1. The fourth-order valence-corrected chi connectivity index (χ4v) is 1.86. The van der Waals surface area contributed by atoms with E-state index in [9.17, 15) is 14.0 Å². The van der Waals surface area contributed by atoms with Crippen molar-refractivity contribution in [3.63, 3.8) is 0 Å². The molecule has 21 heavy (non-hydrogen) atoms. The number of nitrogens with zero attached hydrogens (tertiary/aromatic N) is 1. The molecule has 1 aromatic carbocycles. The number of anilines is 1. The predicted molar refractivity (Wildman–Crippen MR) is 78.5 cm³/mol. The fraction of sp³-hybridized carbons (Fsp3) is 0.467. The second-order valence-electron chi connectivity index (χ2n) is 4.60. The van der Waals surface area contributed by atoms with Crippen LogP contribution in [-0.2, 0) is 14.3 Å². The number of ether oxygens (including phenoxy) is 1. The van der Waals surface area contributed by atoms with E-state index in [1.807, 2.05) is 0 Å². The second-order valence-corrected chi connectivity index (χ2v) is 4.60. The zero-order valence-corrected chi connectivity index (χ0v) is 12.4. The highest BCUT2D eigenvalue weighted by atomic mass is 19.1. The lowest BCUT2D eigenvalue weighted by Crippen LogP contribution is -2.34. The third kappa shape index (κ3) is 6.35. The van der Waals surface area contributed by atoms with Crippen LogP contribution in [0.25, 0.3) is 0 Å². The normalized spacial score (nSPS) is 10.2. The first-order chi connectivity index (χ1) is 10.0. The van der Waals surface area contributed by atoms with E-state index in [1.165, 1.54) is 30.0 Å². The first-order valence-electron chi connectivity index (χ1n) is 6.84. The van der Waals surface area contributed by atoms with Gasteiger partial charge >= 0.3 is 0 Å². The first-order valence-corrected chi connectivity index (χ1v) is 6.84. The van der Waals surface area contributed by atoms with Crippen LogP contribution in [0.1, 0.15) is 19.8 Å². The molecule has 0 aliphatic rings. The third-order valence-corrected chi connectivity index (χ3v) is 2.91. The Kier molecular flexibility index (Phi) is 7.39. The Bertz CT molecular complexity index is 480. The Labute approximate surface area is 124 Å². The van der Waals surface area contributed by atoms with Crippen molar-refractivity contribution < 1.29 is 18.7 Å². The van der Waals surface area contributed by atoms with E-state index in [-0.39, 0.29) is 24.8 Å². The van der Waals surface area contributed by atoms with Crippen LogP contribution in [-0.4, -0.2) is 38.6 Å². The van der Waals surface area contributed by atoms with Gasteiger partial charge in [0.05, 0.1) is 0 Å². The maximum atomic E-state index is 13.2. The Hall–Kier alpha value is -1.95. The Morgan fingerprint density at radius 2 is 2.14 bits per heavy atom. The highest BCUT2D eigenvalue weighted by Gasteiger charge is 2.13. The van der Waals surface area contributed by atoms with Crippen molar-refractivity contribution in [1.29, 1.82) is 0 Å². The summed E-state index contributed by atoms with van der Waals surface area (Å²) in [5.74, 6) is -0.788. The SMILES string of the molecule is COCCCNC(=O)CCN(C(C)=O)c1cccc(F)c1. The summed E-state index contributed by atoms with van der Waals surface area (Å²) in [6.45, 7) is 2.73. The van der Waals surface area contributed by atoms with E-state index in [4.69, 9.17) is 4.74 Å². The van der Waals surface area contributed by atoms with Crippen LogP contribution in [0.5, 0.6) is 0 Å².